The average Bonchev–Trinajstić information content (AvgIpc) is 2.52. The largest absolute Gasteiger partial charge is 0.493 e. The molecule has 6 heteroatoms. The lowest BCUT2D eigenvalue weighted by Gasteiger charge is -2.31. The number of benzene rings is 1. The van der Waals surface area contributed by atoms with Gasteiger partial charge in [-0.15, -0.1) is 0 Å². The second kappa shape index (κ2) is 7.28. The highest BCUT2D eigenvalue weighted by Crippen LogP contribution is 2.28. The molecule has 0 bridgehead atoms. The summed E-state index contributed by atoms with van der Waals surface area (Å²) in [5.41, 5.74) is 6.09. The van der Waals surface area contributed by atoms with Crippen LogP contribution in [-0.4, -0.2) is 56.8 Å². The molecule has 0 amide bonds. The maximum absolute atomic E-state index is 7.44. The summed E-state index contributed by atoms with van der Waals surface area (Å²) in [6, 6.07) is 5.23. The zero-order valence-electron chi connectivity index (χ0n) is 12.6. The first kappa shape index (κ1) is 15.6. The predicted octanol–water partition coefficient (Wildman–Crippen LogP) is 1.08. The minimum Gasteiger partial charge on any atom is -0.493 e. The third-order valence-electron chi connectivity index (χ3n) is 3.57. The van der Waals surface area contributed by atoms with Gasteiger partial charge in [0.1, 0.15) is 18.5 Å². The maximum atomic E-state index is 7.44. The van der Waals surface area contributed by atoms with Crippen molar-refractivity contribution in [2.45, 2.75) is 13.0 Å². The first-order chi connectivity index (χ1) is 10.1. The van der Waals surface area contributed by atoms with E-state index in [0.717, 1.165) is 26.2 Å². The van der Waals surface area contributed by atoms with Crippen LogP contribution in [0.2, 0.25) is 0 Å². The van der Waals surface area contributed by atoms with Gasteiger partial charge in [-0.05, 0) is 24.7 Å². The van der Waals surface area contributed by atoms with Gasteiger partial charge in [-0.25, -0.2) is 0 Å². The minimum absolute atomic E-state index is 0.00838. The second-order valence-corrected chi connectivity index (χ2v) is 4.98. The van der Waals surface area contributed by atoms with Gasteiger partial charge in [0.15, 0.2) is 11.5 Å². The van der Waals surface area contributed by atoms with E-state index in [1.165, 1.54) is 0 Å². The van der Waals surface area contributed by atoms with Crippen molar-refractivity contribution >= 4 is 5.84 Å². The fourth-order valence-corrected chi connectivity index (χ4v) is 2.31. The number of methoxy groups -OCH3 is 1. The Balaban J connectivity index is 1.97. The zero-order chi connectivity index (χ0) is 15.2. The Labute approximate surface area is 125 Å². The van der Waals surface area contributed by atoms with Crippen molar-refractivity contribution in [1.82, 2.24) is 4.90 Å². The molecule has 0 aromatic heterocycles. The van der Waals surface area contributed by atoms with Gasteiger partial charge >= 0.3 is 0 Å². The Hall–Kier alpha value is -1.79. The first-order valence-electron chi connectivity index (χ1n) is 7.13. The highest BCUT2D eigenvalue weighted by atomic mass is 16.5. The summed E-state index contributed by atoms with van der Waals surface area (Å²) in [5.74, 6) is 1.22. The molecule has 1 aliphatic heterocycles. The monoisotopic (exact) mass is 293 g/mol. The van der Waals surface area contributed by atoms with Gasteiger partial charge in [0, 0.05) is 18.7 Å². The van der Waals surface area contributed by atoms with E-state index in [2.05, 4.69) is 11.8 Å². The zero-order valence-corrected chi connectivity index (χ0v) is 12.6. The molecule has 1 aromatic rings. The van der Waals surface area contributed by atoms with Crippen molar-refractivity contribution in [2.75, 3.05) is 40.0 Å². The molecular weight excluding hydrogens is 270 g/mol. The number of ether oxygens (including phenoxy) is 3. The molecule has 1 heterocycles. The van der Waals surface area contributed by atoms with Crippen LogP contribution >= 0.6 is 0 Å². The number of rotatable bonds is 6. The number of nitrogen functional groups attached to an aromatic ring is 1. The standard InChI is InChI=1S/C15H23N3O3/c1-3-18-6-7-20-12(9-18)10-21-13-5-4-11(15(16)17)8-14(13)19-2/h4-5,8,12H,3,6-7,9-10H2,1-2H3,(H3,16,17). The van der Waals surface area contributed by atoms with Crippen LogP contribution in [0.25, 0.3) is 0 Å². The highest BCUT2D eigenvalue weighted by Gasteiger charge is 2.20. The topological polar surface area (TPSA) is 80.8 Å². The maximum Gasteiger partial charge on any atom is 0.161 e. The molecule has 0 aliphatic carbocycles. The van der Waals surface area contributed by atoms with Gasteiger partial charge in [0.05, 0.1) is 13.7 Å². The lowest BCUT2D eigenvalue weighted by molar-refractivity contribution is -0.0466. The molecule has 116 valence electrons. The van der Waals surface area contributed by atoms with E-state index >= 15 is 0 Å². The molecule has 1 atom stereocenters. The van der Waals surface area contributed by atoms with Crippen molar-refractivity contribution in [3.05, 3.63) is 23.8 Å². The molecule has 0 saturated carbocycles. The van der Waals surface area contributed by atoms with Crippen LogP contribution in [0.1, 0.15) is 12.5 Å². The summed E-state index contributed by atoms with van der Waals surface area (Å²) in [6.07, 6.45) is 0.0656. The SMILES string of the molecule is CCN1CCOC(COc2ccc(C(=N)N)cc2OC)C1. The van der Waals surface area contributed by atoms with Gasteiger partial charge in [-0.3, -0.25) is 10.3 Å². The number of likely N-dealkylation sites (N-methyl/N-ethyl adjacent to an activating group) is 1. The van der Waals surface area contributed by atoms with Crippen molar-refractivity contribution in [3.8, 4) is 11.5 Å². The Morgan fingerprint density at radius 1 is 1.48 bits per heavy atom. The fourth-order valence-electron chi connectivity index (χ4n) is 2.31. The lowest BCUT2D eigenvalue weighted by atomic mass is 10.2. The van der Waals surface area contributed by atoms with E-state index in [1.807, 2.05) is 0 Å². The highest BCUT2D eigenvalue weighted by molar-refractivity contribution is 5.95. The molecular formula is C15H23N3O3. The summed E-state index contributed by atoms with van der Waals surface area (Å²) in [7, 11) is 1.57. The number of nitrogens with one attached hydrogen (secondary N) is 1. The number of amidine groups is 1. The number of hydrogen-bond acceptors (Lipinski definition) is 5. The lowest BCUT2D eigenvalue weighted by Crippen LogP contribution is -2.44. The van der Waals surface area contributed by atoms with Gasteiger partial charge in [-0.1, -0.05) is 6.92 Å². The van der Waals surface area contributed by atoms with Crippen molar-refractivity contribution in [1.29, 1.82) is 5.41 Å². The Morgan fingerprint density at radius 2 is 2.29 bits per heavy atom. The van der Waals surface area contributed by atoms with Crippen LogP contribution in [0.4, 0.5) is 0 Å². The van der Waals surface area contributed by atoms with Gasteiger partial charge in [0.25, 0.3) is 0 Å². The third kappa shape index (κ3) is 4.09. The van der Waals surface area contributed by atoms with Gasteiger partial charge in [-0.2, -0.15) is 0 Å². The second-order valence-electron chi connectivity index (χ2n) is 4.98. The van der Waals surface area contributed by atoms with Crippen molar-refractivity contribution < 1.29 is 14.2 Å². The quantitative estimate of drug-likeness (QED) is 0.606. The van der Waals surface area contributed by atoms with Crippen molar-refractivity contribution in [3.63, 3.8) is 0 Å². The molecule has 6 nitrogen and oxygen atoms in total. The number of nitrogens with zero attached hydrogens (tertiary/aromatic N) is 1. The van der Waals surface area contributed by atoms with E-state index in [-0.39, 0.29) is 11.9 Å². The molecule has 1 aromatic carbocycles. The molecule has 2 rings (SSSR count). The summed E-state index contributed by atoms with van der Waals surface area (Å²) in [5, 5.41) is 7.44. The van der Waals surface area contributed by atoms with Crippen LogP contribution in [-0.2, 0) is 4.74 Å². The van der Waals surface area contributed by atoms with Gasteiger partial charge < -0.3 is 19.9 Å². The predicted molar refractivity (Wildman–Crippen MR) is 81.4 cm³/mol. The summed E-state index contributed by atoms with van der Waals surface area (Å²) in [4.78, 5) is 2.34. The molecule has 1 unspecified atom stereocenters. The normalized spacial score (nSPS) is 19.2. The Kier molecular flexibility index (Phi) is 5.41. The Morgan fingerprint density at radius 3 is 2.95 bits per heavy atom. The number of hydrogen-bond donors (Lipinski definition) is 2. The van der Waals surface area contributed by atoms with E-state index < -0.39 is 0 Å². The smallest absolute Gasteiger partial charge is 0.161 e. The molecule has 0 radical (unpaired) electrons. The molecule has 1 saturated heterocycles. The average molecular weight is 293 g/mol. The number of nitrogens with two attached hydrogens (primary N) is 1. The van der Waals surface area contributed by atoms with Crippen LogP contribution in [0, 0.1) is 5.41 Å². The fraction of sp³-hybridized carbons (Fsp3) is 0.533. The van der Waals surface area contributed by atoms with E-state index in [4.69, 9.17) is 25.4 Å². The van der Waals surface area contributed by atoms with E-state index in [9.17, 15) is 0 Å². The minimum atomic E-state index is 0.00838. The molecule has 3 N–H and O–H groups in total. The summed E-state index contributed by atoms with van der Waals surface area (Å²) >= 11 is 0. The van der Waals surface area contributed by atoms with Crippen LogP contribution < -0.4 is 15.2 Å². The molecule has 1 aliphatic rings. The number of morpholine rings is 1. The van der Waals surface area contributed by atoms with Crippen LogP contribution in [0.15, 0.2) is 18.2 Å². The van der Waals surface area contributed by atoms with Gasteiger partial charge in [0.2, 0.25) is 0 Å². The molecule has 0 spiro atoms. The van der Waals surface area contributed by atoms with E-state index in [0.29, 0.717) is 23.7 Å². The summed E-state index contributed by atoms with van der Waals surface area (Å²) in [6.45, 7) is 6.24. The Bertz CT molecular complexity index is 493. The van der Waals surface area contributed by atoms with Crippen LogP contribution in [0.3, 0.4) is 0 Å². The van der Waals surface area contributed by atoms with Crippen molar-refractivity contribution in [2.24, 2.45) is 5.73 Å². The van der Waals surface area contributed by atoms with E-state index in [1.54, 1.807) is 25.3 Å². The summed E-state index contributed by atoms with van der Waals surface area (Å²) < 4.78 is 16.8. The molecule has 1 fully saturated rings. The molecule has 21 heavy (non-hydrogen) atoms. The first-order valence-corrected chi connectivity index (χ1v) is 7.13. The van der Waals surface area contributed by atoms with Crippen LogP contribution in [0.5, 0.6) is 11.5 Å². The third-order valence-corrected chi connectivity index (χ3v) is 3.57.